The molecule has 6 heteroatoms. The molecule has 0 radical (unpaired) electrons. The number of benzene rings is 2. The molecular weight excluding hydrogens is 324 g/mol. The first-order valence-corrected chi connectivity index (χ1v) is 8.26. The maximum absolute atomic E-state index is 5.71. The van der Waals surface area contributed by atoms with E-state index in [4.69, 9.17) is 26.4 Å². The topological polar surface area (TPSA) is 51.8 Å². The monoisotopic (exact) mass is 344 g/mol. The first-order valence-electron chi connectivity index (χ1n) is 7.86. The van der Waals surface area contributed by atoms with Crippen molar-refractivity contribution in [1.29, 1.82) is 0 Å². The van der Waals surface area contributed by atoms with Crippen LogP contribution in [0.25, 0.3) is 0 Å². The van der Waals surface area contributed by atoms with Gasteiger partial charge in [-0.3, -0.25) is 0 Å². The molecule has 3 rings (SSSR count). The number of nitrogens with one attached hydrogen (secondary N) is 2. The number of ether oxygens (including phenoxy) is 3. The van der Waals surface area contributed by atoms with E-state index in [2.05, 4.69) is 10.6 Å². The molecule has 0 saturated carbocycles. The van der Waals surface area contributed by atoms with Gasteiger partial charge in [-0.15, -0.1) is 0 Å². The van der Waals surface area contributed by atoms with Crippen molar-refractivity contribution in [2.75, 3.05) is 25.1 Å². The third kappa shape index (κ3) is 4.52. The molecule has 0 bridgehead atoms. The number of hydrogen-bond acceptors (Lipinski definition) is 4. The summed E-state index contributed by atoms with van der Waals surface area (Å²) in [6.45, 7) is 3.68. The number of hydrogen-bond donors (Lipinski definition) is 2. The van der Waals surface area contributed by atoms with E-state index >= 15 is 0 Å². The Labute approximate surface area is 146 Å². The van der Waals surface area contributed by atoms with Crippen LogP contribution < -0.4 is 24.8 Å². The lowest BCUT2D eigenvalue weighted by atomic mass is 10.2. The Bertz CT molecular complexity index is 694. The number of fused-ring (bicyclic) bond motifs is 1. The molecule has 0 spiro atoms. The molecule has 1 heterocycles. The maximum atomic E-state index is 5.71. The first-order chi connectivity index (χ1) is 11.7. The molecule has 24 heavy (non-hydrogen) atoms. The molecule has 2 aromatic rings. The van der Waals surface area contributed by atoms with Gasteiger partial charge in [-0.05, 0) is 43.4 Å². The number of rotatable bonds is 5. The van der Waals surface area contributed by atoms with Crippen LogP contribution in [-0.2, 0) is 0 Å². The predicted octanol–water partition coefficient (Wildman–Crippen LogP) is 3.21. The minimum Gasteiger partial charge on any atom is -0.491 e. The van der Waals surface area contributed by atoms with Crippen molar-refractivity contribution in [3.05, 3.63) is 48.5 Å². The lowest BCUT2D eigenvalue weighted by Crippen LogP contribution is -2.39. The van der Waals surface area contributed by atoms with Crippen molar-refractivity contribution >= 4 is 23.0 Å². The summed E-state index contributed by atoms with van der Waals surface area (Å²) in [6, 6.07) is 15.4. The highest BCUT2D eigenvalue weighted by Gasteiger charge is 2.12. The van der Waals surface area contributed by atoms with E-state index in [0.29, 0.717) is 24.9 Å². The van der Waals surface area contributed by atoms with E-state index in [-0.39, 0.29) is 6.04 Å². The molecule has 0 aromatic heterocycles. The Morgan fingerprint density at radius 2 is 1.88 bits per heavy atom. The van der Waals surface area contributed by atoms with Crippen LogP contribution >= 0.6 is 12.2 Å². The second-order valence-corrected chi connectivity index (χ2v) is 5.89. The lowest BCUT2D eigenvalue weighted by molar-refractivity contribution is 0.171. The highest BCUT2D eigenvalue weighted by molar-refractivity contribution is 7.80. The van der Waals surface area contributed by atoms with Crippen LogP contribution in [0.5, 0.6) is 17.2 Å². The van der Waals surface area contributed by atoms with Gasteiger partial charge in [0.2, 0.25) is 0 Å². The van der Waals surface area contributed by atoms with Gasteiger partial charge < -0.3 is 24.8 Å². The fourth-order valence-electron chi connectivity index (χ4n) is 2.29. The molecular formula is C18H20N2O3S. The molecule has 0 fully saturated rings. The van der Waals surface area contributed by atoms with E-state index in [1.54, 1.807) is 0 Å². The van der Waals surface area contributed by atoms with Crippen molar-refractivity contribution in [3.8, 4) is 17.2 Å². The second kappa shape index (κ2) is 7.88. The molecule has 2 N–H and O–H groups in total. The second-order valence-electron chi connectivity index (χ2n) is 5.48. The van der Waals surface area contributed by atoms with Gasteiger partial charge in [0.1, 0.15) is 25.6 Å². The Balaban J connectivity index is 1.48. The Morgan fingerprint density at radius 3 is 2.67 bits per heavy atom. The summed E-state index contributed by atoms with van der Waals surface area (Å²) in [5, 5.41) is 6.89. The molecule has 0 amide bonds. The minimum atomic E-state index is 0.0717. The van der Waals surface area contributed by atoms with Gasteiger partial charge >= 0.3 is 0 Å². The van der Waals surface area contributed by atoms with E-state index in [9.17, 15) is 0 Å². The van der Waals surface area contributed by atoms with Crippen molar-refractivity contribution < 1.29 is 14.2 Å². The van der Waals surface area contributed by atoms with E-state index < -0.39 is 0 Å². The highest BCUT2D eigenvalue weighted by Crippen LogP contribution is 2.32. The van der Waals surface area contributed by atoms with Crippen LogP contribution in [-0.4, -0.2) is 31.0 Å². The smallest absolute Gasteiger partial charge is 0.171 e. The number of para-hydroxylation sites is 1. The zero-order chi connectivity index (χ0) is 16.8. The van der Waals surface area contributed by atoms with Crippen LogP contribution in [0.2, 0.25) is 0 Å². The summed E-state index contributed by atoms with van der Waals surface area (Å²) in [6.07, 6.45) is 0. The maximum Gasteiger partial charge on any atom is 0.171 e. The molecule has 0 unspecified atom stereocenters. The lowest BCUT2D eigenvalue weighted by Gasteiger charge is -2.20. The molecule has 0 aliphatic carbocycles. The van der Waals surface area contributed by atoms with E-state index in [1.807, 2.05) is 55.5 Å². The van der Waals surface area contributed by atoms with Crippen molar-refractivity contribution in [2.45, 2.75) is 13.0 Å². The van der Waals surface area contributed by atoms with Gasteiger partial charge in [-0.25, -0.2) is 0 Å². The summed E-state index contributed by atoms with van der Waals surface area (Å²) in [5.74, 6) is 2.33. The SMILES string of the molecule is C[C@H](COc1ccccc1)NC(=S)Nc1ccc2c(c1)OCCO2. The molecule has 1 aliphatic heterocycles. The summed E-state index contributed by atoms with van der Waals surface area (Å²) < 4.78 is 16.8. The Morgan fingerprint density at radius 1 is 1.12 bits per heavy atom. The quantitative estimate of drug-likeness (QED) is 0.813. The summed E-state index contributed by atoms with van der Waals surface area (Å²) in [4.78, 5) is 0. The zero-order valence-corrected chi connectivity index (χ0v) is 14.3. The van der Waals surface area contributed by atoms with Gasteiger partial charge in [-0.2, -0.15) is 0 Å². The number of thiocarbonyl (C=S) groups is 1. The van der Waals surface area contributed by atoms with Gasteiger partial charge in [-0.1, -0.05) is 18.2 Å². The average molecular weight is 344 g/mol. The standard InChI is InChI=1S/C18H20N2O3S/c1-13(12-23-15-5-3-2-4-6-15)19-18(24)20-14-7-8-16-17(11-14)22-10-9-21-16/h2-8,11,13H,9-10,12H2,1H3,(H2,19,20,24)/t13-/m1/s1. The van der Waals surface area contributed by atoms with Crippen molar-refractivity contribution in [1.82, 2.24) is 5.32 Å². The minimum absolute atomic E-state index is 0.0717. The third-order valence-corrected chi connectivity index (χ3v) is 3.64. The Hall–Kier alpha value is -2.47. The van der Waals surface area contributed by atoms with Crippen molar-refractivity contribution in [2.24, 2.45) is 0 Å². The highest BCUT2D eigenvalue weighted by atomic mass is 32.1. The van der Waals surface area contributed by atoms with E-state index in [1.165, 1.54) is 0 Å². The fourth-order valence-corrected chi connectivity index (χ4v) is 2.61. The predicted molar refractivity (Wildman–Crippen MR) is 98.2 cm³/mol. The molecule has 2 aromatic carbocycles. The summed E-state index contributed by atoms with van der Waals surface area (Å²) in [5.41, 5.74) is 0.855. The molecule has 1 aliphatic rings. The number of anilines is 1. The normalized spacial score (nSPS) is 13.7. The molecule has 5 nitrogen and oxygen atoms in total. The van der Waals surface area contributed by atoms with Gasteiger partial charge in [0.15, 0.2) is 16.6 Å². The molecule has 0 saturated heterocycles. The molecule has 1 atom stereocenters. The van der Waals surface area contributed by atoms with Gasteiger partial charge in [0.05, 0.1) is 6.04 Å². The average Bonchev–Trinajstić information content (AvgIpc) is 2.60. The van der Waals surface area contributed by atoms with Crippen LogP contribution in [0.3, 0.4) is 0 Å². The first kappa shape index (κ1) is 16.4. The largest absolute Gasteiger partial charge is 0.491 e. The fraction of sp³-hybridized carbons (Fsp3) is 0.278. The summed E-state index contributed by atoms with van der Waals surface area (Å²) >= 11 is 5.35. The van der Waals surface area contributed by atoms with Crippen LogP contribution in [0.15, 0.2) is 48.5 Å². The summed E-state index contributed by atoms with van der Waals surface area (Å²) in [7, 11) is 0. The molecule has 126 valence electrons. The zero-order valence-electron chi connectivity index (χ0n) is 13.5. The van der Waals surface area contributed by atoms with Gasteiger partial charge in [0, 0.05) is 11.8 Å². The van der Waals surface area contributed by atoms with E-state index in [0.717, 1.165) is 22.9 Å². The van der Waals surface area contributed by atoms with Gasteiger partial charge in [0.25, 0.3) is 0 Å². The Kier molecular flexibility index (Phi) is 5.38. The third-order valence-electron chi connectivity index (χ3n) is 3.42. The van der Waals surface area contributed by atoms with Crippen LogP contribution in [0.1, 0.15) is 6.92 Å². The van der Waals surface area contributed by atoms with Crippen LogP contribution in [0.4, 0.5) is 5.69 Å². The van der Waals surface area contributed by atoms with Crippen molar-refractivity contribution in [3.63, 3.8) is 0 Å². The van der Waals surface area contributed by atoms with Crippen LogP contribution in [0, 0.1) is 0 Å².